The number of H-pyrrole nitrogens is 1. The third-order valence-electron chi connectivity index (χ3n) is 4.02. The Morgan fingerprint density at radius 2 is 2.15 bits per heavy atom. The highest BCUT2D eigenvalue weighted by Crippen LogP contribution is 2.29. The number of nitrogens with zero attached hydrogens (tertiary/aromatic N) is 2. The smallest absolute Gasteiger partial charge is 0.258 e. The van der Waals surface area contributed by atoms with E-state index in [4.69, 9.17) is 4.42 Å². The van der Waals surface area contributed by atoms with Crippen molar-refractivity contribution in [3.8, 4) is 11.5 Å². The molecule has 1 amide bonds. The molecule has 0 unspecified atom stereocenters. The fraction of sp³-hybridized carbons (Fsp3) is 0.0556. The molecule has 2 aromatic carbocycles. The lowest BCUT2D eigenvalue weighted by atomic mass is 10.1. The van der Waals surface area contributed by atoms with Crippen LogP contribution >= 0.6 is 15.9 Å². The predicted octanol–water partition coefficient (Wildman–Crippen LogP) is 4.68. The van der Waals surface area contributed by atoms with Gasteiger partial charge < -0.3 is 9.73 Å². The molecule has 0 fully saturated rings. The van der Waals surface area contributed by atoms with Gasteiger partial charge in [-0.2, -0.15) is 5.10 Å². The summed E-state index contributed by atoms with van der Waals surface area (Å²) in [5.74, 6) is -0.604. The summed E-state index contributed by atoms with van der Waals surface area (Å²) >= 11 is 3.11. The van der Waals surface area contributed by atoms with E-state index in [1.807, 2.05) is 0 Å². The molecule has 2 heterocycles. The van der Waals surface area contributed by atoms with Crippen LogP contribution in [-0.2, 0) is 0 Å². The number of carbonyl (C=O) groups is 1. The Hall–Kier alpha value is -3.00. The fourth-order valence-corrected chi connectivity index (χ4v) is 3.06. The third-order valence-corrected chi connectivity index (χ3v) is 4.63. The summed E-state index contributed by atoms with van der Waals surface area (Å²) < 4.78 is 19.9. The molecule has 130 valence electrons. The van der Waals surface area contributed by atoms with Crippen LogP contribution in [0.5, 0.6) is 0 Å². The highest BCUT2D eigenvalue weighted by Gasteiger charge is 2.18. The number of carbonyl (C=O) groups excluding carboxylic acids is 1. The lowest BCUT2D eigenvalue weighted by Gasteiger charge is -2.10. The Labute approximate surface area is 155 Å². The minimum Gasteiger partial charge on any atom is -0.442 e. The number of amides is 1. The number of oxazole rings is 1. The maximum absolute atomic E-state index is 14.3. The second kappa shape index (κ2) is 6.38. The first-order chi connectivity index (χ1) is 12.5. The van der Waals surface area contributed by atoms with Crippen LogP contribution < -0.4 is 5.32 Å². The van der Waals surface area contributed by atoms with Crippen LogP contribution in [-0.4, -0.2) is 21.1 Å². The molecule has 0 spiro atoms. The molecule has 0 aliphatic carbocycles. The van der Waals surface area contributed by atoms with Gasteiger partial charge in [-0.3, -0.25) is 9.89 Å². The highest BCUT2D eigenvalue weighted by molar-refractivity contribution is 9.10. The fourth-order valence-electron chi connectivity index (χ4n) is 2.73. The SMILES string of the molecule is Cc1ccc(Br)c(F)c1C(=O)Nc1ccc2[nH]nc(-c3cnco3)c2c1. The summed E-state index contributed by atoms with van der Waals surface area (Å²) in [6.45, 7) is 1.69. The van der Waals surface area contributed by atoms with Crippen LogP contribution in [0, 0.1) is 12.7 Å². The van der Waals surface area contributed by atoms with Crippen molar-refractivity contribution in [1.29, 1.82) is 0 Å². The third kappa shape index (κ3) is 2.78. The van der Waals surface area contributed by atoms with Crippen molar-refractivity contribution in [2.45, 2.75) is 6.92 Å². The summed E-state index contributed by atoms with van der Waals surface area (Å²) in [4.78, 5) is 16.5. The standard InChI is InChI=1S/C18H12BrFN4O2/c1-9-2-4-12(19)16(20)15(9)18(25)22-10-3-5-13-11(6-10)17(24-23-13)14-7-21-8-26-14/h2-8H,1H3,(H,22,25)(H,23,24). The second-order valence-electron chi connectivity index (χ2n) is 5.71. The zero-order valence-electron chi connectivity index (χ0n) is 13.5. The normalized spacial score (nSPS) is 11.0. The van der Waals surface area contributed by atoms with E-state index in [0.29, 0.717) is 22.7 Å². The Morgan fingerprint density at radius 3 is 2.92 bits per heavy atom. The first-order valence-corrected chi connectivity index (χ1v) is 8.47. The summed E-state index contributed by atoms with van der Waals surface area (Å²) in [7, 11) is 0. The Morgan fingerprint density at radius 1 is 1.31 bits per heavy atom. The molecule has 8 heteroatoms. The Balaban J connectivity index is 1.71. The van der Waals surface area contributed by atoms with Gasteiger partial charge in [0.1, 0.15) is 11.5 Å². The molecule has 2 aromatic heterocycles. The van der Waals surface area contributed by atoms with E-state index in [2.05, 4.69) is 36.4 Å². The van der Waals surface area contributed by atoms with Crippen molar-refractivity contribution in [3.63, 3.8) is 0 Å². The molecule has 4 rings (SSSR count). The molecule has 26 heavy (non-hydrogen) atoms. The largest absolute Gasteiger partial charge is 0.442 e. The summed E-state index contributed by atoms with van der Waals surface area (Å²) in [5.41, 5.74) is 2.43. The minimum atomic E-state index is -0.589. The number of rotatable bonds is 3. The maximum atomic E-state index is 14.3. The number of fused-ring (bicyclic) bond motifs is 1. The van der Waals surface area contributed by atoms with Crippen LogP contribution in [0.25, 0.3) is 22.4 Å². The second-order valence-corrected chi connectivity index (χ2v) is 6.56. The van der Waals surface area contributed by atoms with Crippen molar-refractivity contribution in [1.82, 2.24) is 15.2 Å². The molecule has 2 N–H and O–H groups in total. The van der Waals surface area contributed by atoms with Gasteiger partial charge in [-0.1, -0.05) is 6.07 Å². The molecule has 4 aromatic rings. The van der Waals surface area contributed by atoms with Crippen molar-refractivity contribution in [3.05, 3.63) is 64.3 Å². The Bertz CT molecular complexity index is 1120. The first kappa shape index (κ1) is 16.5. The summed E-state index contributed by atoms with van der Waals surface area (Å²) in [6, 6.07) is 8.50. The Kier molecular flexibility index (Phi) is 4.04. The van der Waals surface area contributed by atoms with E-state index in [-0.39, 0.29) is 10.0 Å². The van der Waals surface area contributed by atoms with Crippen molar-refractivity contribution in [2.75, 3.05) is 5.32 Å². The monoisotopic (exact) mass is 414 g/mol. The molecule has 0 saturated heterocycles. The van der Waals surface area contributed by atoms with Gasteiger partial charge in [-0.25, -0.2) is 9.37 Å². The minimum absolute atomic E-state index is 0.00197. The van der Waals surface area contributed by atoms with Gasteiger partial charge >= 0.3 is 0 Å². The van der Waals surface area contributed by atoms with E-state index in [0.717, 1.165) is 10.9 Å². The molecular weight excluding hydrogens is 403 g/mol. The van der Waals surface area contributed by atoms with Crippen molar-refractivity contribution in [2.24, 2.45) is 0 Å². The number of aromatic nitrogens is 3. The zero-order chi connectivity index (χ0) is 18.3. The first-order valence-electron chi connectivity index (χ1n) is 7.67. The number of hydrogen-bond donors (Lipinski definition) is 2. The van der Waals surface area contributed by atoms with Crippen LogP contribution in [0.3, 0.4) is 0 Å². The van der Waals surface area contributed by atoms with E-state index in [1.165, 1.54) is 6.39 Å². The number of aromatic amines is 1. The molecule has 6 nitrogen and oxygen atoms in total. The van der Waals surface area contributed by atoms with Crippen molar-refractivity contribution >= 4 is 38.4 Å². The average molecular weight is 415 g/mol. The molecule has 0 bridgehead atoms. The predicted molar refractivity (Wildman–Crippen MR) is 98.4 cm³/mol. The molecule has 0 aliphatic heterocycles. The molecule has 0 atom stereocenters. The summed E-state index contributed by atoms with van der Waals surface area (Å²) in [5, 5.41) is 10.6. The lowest BCUT2D eigenvalue weighted by molar-refractivity contribution is 0.102. The topological polar surface area (TPSA) is 83.8 Å². The van der Waals surface area contributed by atoms with E-state index < -0.39 is 11.7 Å². The molecule has 0 radical (unpaired) electrons. The van der Waals surface area contributed by atoms with E-state index in [1.54, 1.807) is 43.5 Å². The van der Waals surface area contributed by atoms with Gasteiger partial charge in [0.2, 0.25) is 0 Å². The number of hydrogen-bond acceptors (Lipinski definition) is 4. The molecule has 0 saturated carbocycles. The lowest BCUT2D eigenvalue weighted by Crippen LogP contribution is -2.15. The number of anilines is 1. The van der Waals surface area contributed by atoms with Crippen LogP contribution in [0.1, 0.15) is 15.9 Å². The zero-order valence-corrected chi connectivity index (χ0v) is 15.1. The van der Waals surface area contributed by atoms with Gasteiger partial charge in [0.15, 0.2) is 12.2 Å². The average Bonchev–Trinajstić information content (AvgIpc) is 3.27. The van der Waals surface area contributed by atoms with Crippen molar-refractivity contribution < 1.29 is 13.6 Å². The molecule has 0 aliphatic rings. The van der Waals surface area contributed by atoms with Gasteiger partial charge in [0.05, 0.1) is 21.7 Å². The number of aryl methyl sites for hydroxylation is 1. The van der Waals surface area contributed by atoms with Crippen LogP contribution in [0.4, 0.5) is 10.1 Å². The van der Waals surface area contributed by atoms with E-state index >= 15 is 0 Å². The number of halogens is 2. The maximum Gasteiger partial charge on any atom is 0.258 e. The van der Waals surface area contributed by atoms with Gasteiger partial charge in [0.25, 0.3) is 5.91 Å². The molecular formula is C18H12BrFN4O2. The quantitative estimate of drug-likeness (QED) is 0.509. The van der Waals surface area contributed by atoms with Crippen LogP contribution in [0.2, 0.25) is 0 Å². The van der Waals surface area contributed by atoms with Gasteiger partial charge in [-0.05, 0) is 52.7 Å². The van der Waals surface area contributed by atoms with Gasteiger partial charge in [-0.15, -0.1) is 0 Å². The summed E-state index contributed by atoms with van der Waals surface area (Å²) in [6.07, 6.45) is 2.88. The number of nitrogens with one attached hydrogen (secondary N) is 2. The number of benzene rings is 2. The highest BCUT2D eigenvalue weighted by atomic mass is 79.9. The van der Waals surface area contributed by atoms with Gasteiger partial charge in [0, 0.05) is 11.1 Å². The van der Waals surface area contributed by atoms with E-state index in [9.17, 15) is 9.18 Å². The van der Waals surface area contributed by atoms with Crippen LogP contribution in [0.15, 0.2) is 51.8 Å².